The zero-order valence-electron chi connectivity index (χ0n) is 9.96. The van der Waals surface area contributed by atoms with E-state index in [0.29, 0.717) is 6.42 Å². The summed E-state index contributed by atoms with van der Waals surface area (Å²) in [4.78, 5) is 11.4. The molecule has 0 aromatic heterocycles. The van der Waals surface area contributed by atoms with Gasteiger partial charge >= 0.3 is 0 Å². The summed E-state index contributed by atoms with van der Waals surface area (Å²) < 4.78 is 0. The van der Waals surface area contributed by atoms with Crippen LogP contribution in [-0.4, -0.2) is 37.6 Å². The van der Waals surface area contributed by atoms with E-state index in [4.69, 9.17) is 0 Å². The number of nitrogens with one attached hydrogen (secondary N) is 2. The summed E-state index contributed by atoms with van der Waals surface area (Å²) in [6.45, 7) is 3.12. The van der Waals surface area contributed by atoms with Gasteiger partial charge in [-0.25, -0.2) is 0 Å². The molecule has 0 spiro atoms. The summed E-state index contributed by atoms with van der Waals surface area (Å²) >= 11 is 1.80. The molecule has 1 unspecified atom stereocenters. The molecule has 1 atom stereocenters. The Morgan fingerprint density at radius 3 is 3.00 bits per heavy atom. The van der Waals surface area contributed by atoms with Gasteiger partial charge < -0.3 is 10.6 Å². The molecule has 0 saturated carbocycles. The van der Waals surface area contributed by atoms with E-state index in [2.05, 4.69) is 16.9 Å². The van der Waals surface area contributed by atoms with Crippen LogP contribution in [-0.2, 0) is 4.79 Å². The van der Waals surface area contributed by atoms with E-state index in [9.17, 15) is 4.79 Å². The Morgan fingerprint density at radius 2 is 2.38 bits per heavy atom. The summed E-state index contributed by atoms with van der Waals surface area (Å²) in [6.07, 6.45) is 6.15. The fourth-order valence-corrected chi connectivity index (χ4v) is 2.28. The first-order valence-corrected chi connectivity index (χ1v) is 7.18. The molecule has 1 aliphatic rings. The van der Waals surface area contributed by atoms with Crippen molar-refractivity contribution in [3.63, 3.8) is 0 Å². The highest BCUT2D eigenvalue weighted by molar-refractivity contribution is 7.98. The maximum Gasteiger partial charge on any atom is 0.220 e. The van der Waals surface area contributed by atoms with Gasteiger partial charge in [-0.2, -0.15) is 11.8 Å². The molecule has 2 N–H and O–H groups in total. The fraction of sp³-hybridized carbons (Fsp3) is 0.909. The smallest absolute Gasteiger partial charge is 0.220 e. The SMILES string of the molecule is CSCCCC(=O)NCCC1CCNC1.Cl. The van der Waals surface area contributed by atoms with Crippen molar-refractivity contribution in [2.24, 2.45) is 5.92 Å². The second-order valence-electron chi connectivity index (χ2n) is 4.09. The Hall–Kier alpha value is 0.0700. The van der Waals surface area contributed by atoms with Gasteiger partial charge in [-0.15, -0.1) is 12.4 Å². The van der Waals surface area contributed by atoms with Crippen molar-refractivity contribution >= 4 is 30.1 Å². The molecule has 0 aromatic rings. The molecule has 1 aliphatic heterocycles. The topological polar surface area (TPSA) is 41.1 Å². The molecule has 1 rings (SSSR count). The van der Waals surface area contributed by atoms with E-state index < -0.39 is 0 Å². The van der Waals surface area contributed by atoms with E-state index in [1.165, 1.54) is 6.42 Å². The van der Waals surface area contributed by atoms with Crippen LogP contribution in [0.2, 0.25) is 0 Å². The Kier molecular flexibility index (Phi) is 10.3. The minimum atomic E-state index is 0. The standard InChI is InChI=1S/C11H22N2OS.ClH/c1-15-8-2-3-11(14)13-7-5-10-4-6-12-9-10;/h10,12H,2-9H2,1H3,(H,13,14);1H. The largest absolute Gasteiger partial charge is 0.356 e. The zero-order chi connectivity index (χ0) is 10.9. The minimum Gasteiger partial charge on any atom is -0.356 e. The van der Waals surface area contributed by atoms with Crippen molar-refractivity contribution < 1.29 is 4.79 Å². The first-order chi connectivity index (χ1) is 7.33. The number of rotatable bonds is 7. The molecule has 5 heteroatoms. The van der Waals surface area contributed by atoms with E-state index in [0.717, 1.165) is 44.1 Å². The van der Waals surface area contributed by atoms with Crippen molar-refractivity contribution in [3.05, 3.63) is 0 Å². The Labute approximate surface area is 109 Å². The van der Waals surface area contributed by atoms with Gasteiger partial charge in [0.25, 0.3) is 0 Å². The number of carbonyl (C=O) groups is 1. The normalized spacial score (nSPS) is 19.2. The third kappa shape index (κ3) is 7.36. The number of hydrogen-bond donors (Lipinski definition) is 2. The van der Waals surface area contributed by atoms with Gasteiger partial charge in [0.1, 0.15) is 0 Å². The number of halogens is 1. The van der Waals surface area contributed by atoms with E-state index >= 15 is 0 Å². The Bertz CT molecular complexity index is 187. The van der Waals surface area contributed by atoms with Gasteiger partial charge in [-0.05, 0) is 50.3 Å². The predicted octanol–water partition coefficient (Wildman–Crippen LogP) is 1.67. The van der Waals surface area contributed by atoms with Crippen molar-refractivity contribution in [1.29, 1.82) is 0 Å². The third-order valence-electron chi connectivity index (χ3n) is 2.79. The molecular formula is C11H23ClN2OS. The van der Waals surface area contributed by atoms with Crippen LogP contribution in [0.4, 0.5) is 0 Å². The fourth-order valence-electron chi connectivity index (χ4n) is 1.84. The molecule has 1 saturated heterocycles. The molecule has 1 heterocycles. The Morgan fingerprint density at radius 1 is 1.56 bits per heavy atom. The predicted molar refractivity (Wildman–Crippen MR) is 73.5 cm³/mol. The van der Waals surface area contributed by atoms with Crippen LogP contribution < -0.4 is 10.6 Å². The van der Waals surface area contributed by atoms with E-state index in [1.54, 1.807) is 11.8 Å². The zero-order valence-corrected chi connectivity index (χ0v) is 11.6. The minimum absolute atomic E-state index is 0. The highest BCUT2D eigenvalue weighted by atomic mass is 35.5. The molecule has 96 valence electrons. The summed E-state index contributed by atoms with van der Waals surface area (Å²) in [6, 6.07) is 0. The van der Waals surface area contributed by atoms with Crippen LogP contribution in [0.25, 0.3) is 0 Å². The summed E-state index contributed by atoms with van der Waals surface area (Å²) in [7, 11) is 0. The first-order valence-electron chi connectivity index (χ1n) is 5.79. The average molecular weight is 267 g/mol. The van der Waals surface area contributed by atoms with Gasteiger partial charge in [0.05, 0.1) is 0 Å². The van der Waals surface area contributed by atoms with Crippen LogP contribution in [0.5, 0.6) is 0 Å². The van der Waals surface area contributed by atoms with Crippen molar-refractivity contribution in [2.45, 2.75) is 25.7 Å². The van der Waals surface area contributed by atoms with Gasteiger partial charge in [0.15, 0.2) is 0 Å². The van der Waals surface area contributed by atoms with E-state index in [-0.39, 0.29) is 18.3 Å². The van der Waals surface area contributed by atoms with Gasteiger partial charge in [0.2, 0.25) is 5.91 Å². The molecule has 0 radical (unpaired) electrons. The van der Waals surface area contributed by atoms with Gasteiger partial charge in [-0.1, -0.05) is 0 Å². The quantitative estimate of drug-likeness (QED) is 0.689. The average Bonchev–Trinajstić information content (AvgIpc) is 2.71. The summed E-state index contributed by atoms with van der Waals surface area (Å²) in [5.74, 6) is 2.08. The summed E-state index contributed by atoms with van der Waals surface area (Å²) in [5, 5.41) is 6.33. The first kappa shape index (κ1) is 16.1. The summed E-state index contributed by atoms with van der Waals surface area (Å²) in [5.41, 5.74) is 0. The maximum absolute atomic E-state index is 11.4. The lowest BCUT2D eigenvalue weighted by Crippen LogP contribution is -2.26. The maximum atomic E-state index is 11.4. The van der Waals surface area contributed by atoms with Crippen molar-refractivity contribution in [2.75, 3.05) is 31.6 Å². The second kappa shape index (κ2) is 10.2. The van der Waals surface area contributed by atoms with Gasteiger partial charge in [0, 0.05) is 13.0 Å². The number of thioether (sulfide) groups is 1. The molecule has 1 amide bonds. The highest BCUT2D eigenvalue weighted by Crippen LogP contribution is 2.10. The molecule has 1 fully saturated rings. The van der Waals surface area contributed by atoms with Crippen molar-refractivity contribution in [3.8, 4) is 0 Å². The Balaban J connectivity index is 0.00000225. The third-order valence-corrected chi connectivity index (χ3v) is 3.49. The lowest BCUT2D eigenvalue weighted by Gasteiger charge is -2.09. The lowest BCUT2D eigenvalue weighted by atomic mass is 10.1. The molecule has 16 heavy (non-hydrogen) atoms. The number of hydrogen-bond acceptors (Lipinski definition) is 3. The number of carbonyl (C=O) groups excluding carboxylic acids is 1. The van der Waals surface area contributed by atoms with Crippen molar-refractivity contribution in [1.82, 2.24) is 10.6 Å². The van der Waals surface area contributed by atoms with Crippen LogP contribution in [0.3, 0.4) is 0 Å². The molecule has 0 aromatic carbocycles. The van der Waals surface area contributed by atoms with Crippen LogP contribution in [0, 0.1) is 5.92 Å². The molecular weight excluding hydrogens is 244 g/mol. The second-order valence-corrected chi connectivity index (χ2v) is 5.08. The van der Waals surface area contributed by atoms with E-state index in [1.807, 2.05) is 0 Å². The molecule has 0 bridgehead atoms. The van der Waals surface area contributed by atoms with Crippen LogP contribution in [0.15, 0.2) is 0 Å². The van der Waals surface area contributed by atoms with Gasteiger partial charge in [-0.3, -0.25) is 4.79 Å². The number of amides is 1. The molecule has 0 aliphatic carbocycles. The van der Waals surface area contributed by atoms with Crippen LogP contribution >= 0.6 is 24.2 Å². The molecule has 3 nitrogen and oxygen atoms in total. The van der Waals surface area contributed by atoms with Crippen LogP contribution in [0.1, 0.15) is 25.7 Å². The lowest BCUT2D eigenvalue weighted by molar-refractivity contribution is -0.121. The monoisotopic (exact) mass is 266 g/mol. The highest BCUT2D eigenvalue weighted by Gasteiger charge is 2.13.